The van der Waals surface area contributed by atoms with Crippen LogP contribution >= 0.6 is 11.6 Å². The third-order valence-electron chi connectivity index (χ3n) is 5.62. The molecule has 2 aliphatic heterocycles. The van der Waals surface area contributed by atoms with Gasteiger partial charge in [-0.1, -0.05) is 29.8 Å². The number of rotatable bonds is 3. The summed E-state index contributed by atoms with van der Waals surface area (Å²) in [6.45, 7) is 5.92. The van der Waals surface area contributed by atoms with E-state index in [2.05, 4.69) is 16.0 Å². The summed E-state index contributed by atoms with van der Waals surface area (Å²) in [7, 11) is 0. The number of benzene rings is 1. The first-order valence-corrected chi connectivity index (χ1v) is 10.0. The smallest absolute Gasteiger partial charge is 0.219 e. The molecule has 1 amide bonds. The molecule has 0 spiro atoms. The minimum absolute atomic E-state index is 0.118. The quantitative estimate of drug-likeness (QED) is 0.813. The van der Waals surface area contributed by atoms with Gasteiger partial charge < -0.3 is 4.90 Å². The first-order chi connectivity index (χ1) is 13.1. The van der Waals surface area contributed by atoms with Gasteiger partial charge in [-0.05, 0) is 31.0 Å². The van der Waals surface area contributed by atoms with Crippen molar-refractivity contribution in [2.24, 2.45) is 0 Å². The first-order valence-electron chi connectivity index (χ1n) is 9.66. The van der Waals surface area contributed by atoms with Gasteiger partial charge in [0.25, 0.3) is 0 Å². The van der Waals surface area contributed by atoms with E-state index in [1.165, 1.54) is 5.56 Å². The van der Waals surface area contributed by atoms with Crippen LogP contribution in [-0.4, -0.2) is 45.3 Å². The van der Waals surface area contributed by atoms with Gasteiger partial charge in [0.05, 0.1) is 5.69 Å². The van der Waals surface area contributed by atoms with Crippen LogP contribution in [0.2, 0.25) is 5.02 Å². The van der Waals surface area contributed by atoms with Crippen molar-refractivity contribution in [1.82, 2.24) is 19.8 Å². The molecule has 142 valence electrons. The molecule has 1 saturated heterocycles. The second-order valence-electron chi connectivity index (χ2n) is 7.56. The largest absolute Gasteiger partial charge is 0.338 e. The van der Waals surface area contributed by atoms with Gasteiger partial charge >= 0.3 is 0 Å². The van der Waals surface area contributed by atoms with Crippen LogP contribution < -0.4 is 0 Å². The van der Waals surface area contributed by atoms with Gasteiger partial charge in [-0.3, -0.25) is 9.69 Å². The Bertz CT molecular complexity index is 841. The molecular weight excluding hydrogens is 360 g/mol. The van der Waals surface area contributed by atoms with Crippen LogP contribution in [0.3, 0.4) is 0 Å². The van der Waals surface area contributed by atoms with Crippen molar-refractivity contribution in [2.45, 2.75) is 45.2 Å². The van der Waals surface area contributed by atoms with Crippen LogP contribution in [0.5, 0.6) is 0 Å². The van der Waals surface area contributed by atoms with Crippen molar-refractivity contribution < 1.29 is 4.79 Å². The zero-order valence-corrected chi connectivity index (χ0v) is 16.5. The molecule has 0 saturated carbocycles. The van der Waals surface area contributed by atoms with E-state index < -0.39 is 0 Å². The number of piperidine rings is 1. The maximum absolute atomic E-state index is 11.6. The van der Waals surface area contributed by atoms with E-state index in [-0.39, 0.29) is 5.91 Å². The zero-order chi connectivity index (χ0) is 18.8. The Hall–Kier alpha value is -1.98. The van der Waals surface area contributed by atoms with E-state index >= 15 is 0 Å². The molecule has 0 bridgehead atoms. The maximum Gasteiger partial charge on any atom is 0.219 e. The maximum atomic E-state index is 11.6. The van der Waals surface area contributed by atoms with Crippen LogP contribution in [0.25, 0.3) is 0 Å². The van der Waals surface area contributed by atoms with Gasteiger partial charge in [-0.15, -0.1) is 0 Å². The highest BCUT2D eigenvalue weighted by Gasteiger charge is 2.26. The SMILES string of the molecule is CC(=O)N1CCc2nc([C@H]3CCCN(Cc4ccccc4Cl)C3)ncc2C1. The van der Waals surface area contributed by atoms with Gasteiger partial charge in [0.2, 0.25) is 5.91 Å². The Morgan fingerprint density at radius 1 is 1.30 bits per heavy atom. The van der Waals surface area contributed by atoms with E-state index in [0.29, 0.717) is 12.5 Å². The summed E-state index contributed by atoms with van der Waals surface area (Å²) in [5.74, 6) is 1.43. The van der Waals surface area contributed by atoms with Gasteiger partial charge in [-0.25, -0.2) is 9.97 Å². The van der Waals surface area contributed by atoms with Crippen LogP contribution in [0.1, 0.15) is 48.3 Å². The summed E-state index contributed by atoms with van der Waals surface area (Å²) in [5, 5.41) is 0.833. The van der Waals surface area contributed by atoms with E-state index in [9.17, 15) is 4.79 Å². The third-order valence-corrected chi connectivity index (χ3v) is 5.99. The number of hydrogen-bond acceptors (Lipinski definition) is 4. The number of likely N-dealkylation sites (tertiary alicyclic amines) is 1. The van der Waals surface area contributed by atoms with Gasteiger partial charge in [0.15, 0.2) is 0 Å². The molecule has 27 heavy (non-hydrogen) atoms. The summed E-state index contributed by atoms with van der Waals surface area (Å²) in [6, 6.07) is 8.07. The van der Waals surface area contributed by atoms with Crippen molar-refractivity contribution in [2.75, 3.05) is 19.6 Å². The molecule has 0 aliphatic carbocycles. The Morgan fingerprint density at radius 3 is 2.96 bits per heavy atom. The molecule has 1 fully saturated rings. The average Bonchev–Trinajstić information content (AvgIpc) is 2.69. The minimum atomic E-state index is 0.118. The van der Waals surface area contributed by atoms with Crippen molar-refractivity contribution in [3.8, 4) is 0 Å². The lowest BCUT2D eigenvalue weighted by Crippen LogP contribution is -2.36. The molecular formula is C21H25ClN4O. The molecule has 2 aliphatic rings. The number of halogens is 1. The van der Waals surface area contributed by atoms with Crippen molar-refractivity contribution >= 4 is 17.5 Å². The number of fused-ring (bicyclic) bond motifs is 1. The van der Waals surface area contributed by atoms with Crippen molar-refractivity contribution in [3.63, 3.8) is 0 Å². The highest BCUT2D eigenvalue weighted by molar-refractivity contribution is 6.31. The van der Waals surface area contributed by atoms with Crippen LogP contribution in [0, 0.1) is 0 Å². The van der Waals surface area contributed by atoms with E-state index in [1.54, 1.807) is 6.92 Å². The molecule has 2 aromatic rings. The highest BCUT2D eigenvalue weighted by Crippen LogP contribution is 2.28. The van der Waals surface area contributed by atoms with E-state index in [4.69, 9.17) is 16.6 Å². The molecule has 3 heterocycles. The number of aromatic nitrogens is 2. The predicted octanol–water partition coefficient (Wildman–Crippen LogP) is 3.41. The van der Waals surface area contributed by atoms with Gasteiger partial charge in [0, 0.05) is 62.2 Å². The second kappa shape index (κ2) is 7.95. The third kappa shape index (κ3) is 4.14. The number of carbonyl (C=O) groups excluding carboxylic acids is 1. The summed E-state index contributed by atoms with van der Waals surface area (Å²) >= 11 is 6.33. The van der Waals surface area contributed by atoms with Gasteiger partial charge in [-0.2, -0.15) is 0 Å². The standard InChI is InChI=1S/C21H25ClN4O/c1-15(27)26-10-8-20-18(14-26)11-23-21(24-20)17-6-4-9-25(13-17)12-16-5-2-3-7-19(16)22/h2-3,5,7,11,17H,4,6,8-10,12-14H2,1H3/t17-/m0/s1. The molecule has 0 N–H and O–H groups in total. The van der Waals surface area contributed by atoms with E-state index in [0.717, 1.165) is 67.5 Å². The predicted molar refractivity (Wildman–Crippen MR) is 106 cm³/mol. The summed E-state index contributed by atoms with van der Waals surface area (Å²) in [6.07, 6.45) is 5.02. The van der Waals surface area contributed by atoms with Crippen molar-refractivity contribution in [1.29, 1.82) is 0 Å². The van der Waals surface area contributed by atoms with E-state index in [1.807, 2.05) is 29.3 Å². The lowest BCUT2D eigenvalue weighted by atomic mass is 9.96. The zero-order valence-electron chi connectivity index (χ0n) is 15.7. The monoisotopic (exact) mass is 384 g/mol. The highest BCUT2D eigenvalue weighted by atomic mass is 35.5. The lowest BCUT2D eigenvalue weighted by Gasteiger charge is -2.33. The van der Waals surface area contributed by atoms with Gasteiger partial charge in [0.1, 0.15) is 5.82 Å². The number of nitrogens with zero attached hydrogens (tertiary/aromatic N) is 4. The second-order valence-corrected chi connectivity index (χ2v) is 7.96. The Morgan fingerprint density at radius 2 is 2.15 bits per heavy atom. The first kappa shape index (κ1) is 18.4. The molecule has 4 rings (SSSR count). The van der Waals surface area contributed by atoms with Crippen LogP contribution in [0.4, 0.5) is 0 Å². The number of hydrogen-bond donors (Lipinski definition) is 0. The fourth-order valence-corrected chi connectivity index (χ4v) is 4.27. The number of amides is 1. The fraction of sp³-hybridized carbons (Fsp3) is 0.476. The number of carbonyl (C=O) groups is 1. The Kier molecular flexibility index (Phi) is 5.41. The fourth-order valence-electron chi connectivity index (χ4n) is 4.07. The average molecular weight is 385 g/mol. The normalized spacial score (nSPS) is 20.4. The van der Waals surface area contributed by atoms with Crippen molar-refractivity contribution in [3.05, 3.63) is 58.1 Å². The molecule has 1 atom stereocenters. The Labute approximate surface area is 165 Å². The topological polar surface area (TPSA) is 49.3 Å². The molecule has 6 heteroatoms. The van der Waals surface area contributed by atoms with Crippen LogP contribution in [0.15, 0.2) is 30.5 Å². The molecule has 0 unspecified atom stereocenters. The van der Waals surface area contributed by atoms with Crippen LogP contribution in [-0.2, 0) is 24.3 Å². The Balaban J connectivity index is 1.46. The summed E-state index contributed by atoms with van der Waals surface area (Å²) in [5.41, 5.74) is 3.38. The lowest BCUT2D eigenvalue weighted by molar-refractivity contribution is -0.129. The molecule has 1 aromatic heterocycles. The summed E-state index contributed by atoms with van der Waals surface area (Å²) in [4.78, 5) is 25.5. The molecule has 0 radical (unpaired) electrons. The molecule has 1 aromatic carbocycles. The minimum Gasteiger partial charge on any atom is -0.338 e. The molecule has 5 nitrogen and oxygen atoms in total. The summed E-state index contributed by atoms with van der Waals surface area (Å²) < 4.78 is 0.